The summed E-state index contributed by atoms with van der Waals surface area (Å²) in [7, 11) is 0. The van der Waals surface area contributed by atoms with Crippen molar-refractivity contribution in [3.63, 3.8) is 0 Å². The average Bonchev–Trinajstić information content (AvgIpc) is 2.50. The molecule has 1 aromatic rings. The van der Waals surface area contributed by atoms with Gasteiger partial charge in [0.25, 0.3) is 0 Å². The lowest BCUT2D eigenvalue weighted by Crippen LogP contribution is -2.20. The first-order chi connectivity index (χ1) is 6.26. The first-order valence-corrected chi connectivity index (χ1v) is 4.31. The second kappa shape index (κ2) is 4.66. The molecule has 6 heteroatoms. The van der Waals surface area contributed by atoms with E-state index in [4.69, 9.17) is 10.8 Å². The summed E-state index contributed by atoms with van der Waals surface area (Å²) in [5.41, 5.74) is 5.35. The van der Waals surface area contributed by atoms with Crippen molar-refractivity contribution in [1.29, 1.82) is 0 Å². The molecule has 6 nitrogen and oxygen atoms in total. The predicted molar refractivity (Wildman–Crippen MR) is 50.2 cm³/mol. The summed E-state index contributed by atoms with van der Waals surface area (Å²) < 4.78 is 0. The third-order valence-corrected chi connectivity index (χ3v) is 1.81. The fourth-order valence-corrected chi connectivity index (χ4v) is 1.06. The highest BCUT2D eigenvalue weighted by Gasteiger charge is 2.07. The molecule has 5 N–H and O–H groups in total. The van der Waals surface area contributed by atoms with Crippen LogP contribution in [0.2, 0.25) is 0 Å². The van der Waals surface area contributed by atoms with Gasteiger partial charge in [0, 0.05) is 12.6 Å². The summed E-state index contributed by atoms with van der Waals surface area (Å²) in [6.07, 6.45) is 1.60. The van der Waals surface area contributed by atoms with Crippen molar-refractivity contribution in [2.24, 2.45) is 0 Å². The van der Waals surface area contributed by atoms with E-state index >= 15 is 0 Å². The van der Waals surface area contributed by atoms with E-state index in [1.807, 2.05) is 6.92 Å². The molecule has 1 rings (SSSR count). The van der Waals surface area contributed by atoms with Gasteiger partial charge < -0.3 is 16.2 Å². The second-order valence-electron chi connectivity index (χ2n) is 2.81. The molecule has 0 fully saturated rings. The number of nitrogens with zero attached hydrogens (tertiary/aromatic N) is 2. The van der Waals surface area contributed by atoms with Crippen molar-refractivity contribution in [1.82, 2.24) is 15.2 Å². The van der Waals surface area contributed by atoms with Gasteiger partial charge in [-0.15, -0.1) is 5.10 Å². The molecule has 0 amide bonds. The third kappa shape index (κ3) is 2.90. The Hall–Kier alpha value is -1.30. The SMILES string of the molecule is CCC(CCO)Nc1n[nH]c(N)n1. The number of hydrogen-bond acceptors (Lipinski definition) is 5. The van der Waals surface area contributed by atoms with Crippen molar-refractivity contribution in [2.75, 3.05) is 17.7 Å². The van der Waals surface area contributed by atoms with E-state index in [2.05, 4.69) is 20.5 Å². The zero-order valence-corrected chi connectivity index (χ0v) is 7.62. The number of aliphatic hydroxyl groups excluding tert-OH is 1. The van der Waals surface area contributed by atoms with E-state index in [0.717, 1.165) is 6.42 Å². The molecule has 0 aliphatic carbocycles. The number of nitrogens with one attached hydrogen (secondary N) is 2. The number of aromatic amines is 1. The largest absolute Gasteiger partial charge is 0.396 e. The summed E-state index contributed by atoms with van der Waals surface area (Å²) in [5, 5.41) is 18.2. The Morgan fingerprint density at radius 2 is 2.46 bits per heavy atom. The highest BCUT2D eigenvalue weighted by atomic mass is 16.3. The zero-order chi connectivity index (χ0) is 9.68. The van der Waals surface area contributed by atoms with Crippen LogP contribution < -0.4 is 11.1 Å². The molecular weight excluding hydrogens is 170 g/mol. The molecule has 1 heterocycles. The van der Waals surface area contributed by atoms with Crippen LogP contribution in [0.1, 0.15) is 19.8 Å². The first kappa shape index (κ1) is 9.79. The Labute approximate surface area is 76.6 Å². The predicted octanol–water partition coefficient (Wildman–Crippen LogP) is -0.0402. The minimum absolute atomic E-state index is 0.158. The number of hydrogen-bond donors (Lipinski definition) is 4. The topological polar surface area (TPSA) is 99.8 Å². The molecule has 0 radical (unpaired) electrons. The molecule has 0 bridgehead atoms. The molecule has 1 atom stereocenters. The Bertz CT molecular complexity index is 249. The lowest BCUT2D eigenvalue weighted by molar-refractivity contribution is 0.278. The molecule has 0 aliphatic heterocycles. The van der Waals surface area contributed by atoms with Crippen LogP contribution in [-0.2, 0) is 0 Å². The van der Waals surface area contributed by atoms with Gasteiger partial charge in [0.2, 0.25) is 11.9 Å². The van der Waals surface area contributed by atoms with Gasteiger partial charge in [0.05, 0.1) is 0 Å². The van der Waals surface area contributed by atoms with E-state index in [9.17, 15) is 0 Å². The van der Waals surface area contributed by atoms with Gasteiger partial charge in [0.15, 0.2) is 0 Å². The van der Waals surface area contributed by atoms with E-state index in [1.54, 1.807) is 0 Å². The van der Waals surface area contributed by atoms with Crippen LogP contribution in [0.15, 0.2) is 0 Å². The molecule has 1 unspecified atom stereocenters. The highest BCUT2D eigenvalue weighted by molar-refractivity contribution is 5.30. The van der Waals surface area contributed by atoms with Crippen LogP contribution in [0.25, 0.3) is 0 Å². The molecule has 0 spiro atoms. The fourth-order valence-electron chi connectivity index (χ4n) is 1.06. The van der Waals surface area contributed by atoms with E-state index in [1.165, 1.54) is 0 Å². The van der Waals surface area contributed by atoms with E-state index < -0.39 is 0 Å². The molecule has 1 aromatic heterocycles. The minimum Gasteiger partial charge on any atom is -0.396 e. The van der Waals surface area contributed by atoms with Gasteiger partial charge in [-0.25, -0.2) is 5.10 Å². The van der Waals surface area contributed by atoms with Crippen molar-refractivity contribution in [3.8, 4) is 0 Å². The van der Waals surface area contributed by atoms with E-state index in [0.29, 0.717) is 18.3 Å². The first-order valence-electron chi connectivity index (χ1n) is 4.31. The second-order valence-corrected chi connectivity index (χ2v) is 2.81. The molecule has 0 saturated carbocycles. The smallest absolute Gasteiger partial charge is 0.243 e. The quantitative estimate of drug-likeness (QED) is 0.515. The van der Waals surface area contributed by atoms with Crippen LogP contribution in [0.5, 0.6) is 0 Å². The Morgan fingerprint density at radius 1 is 1.69 bits per heavy atom. The highest BCUT2D eigenvalue weighted by Crippen LogP contribution is 2.06. The van der Waals surface area contributed by atoms with Gasteiger partial charge in [-0.3, -0.25) is 0 Å². The maximum Gasteiger partial charge on any atom is 0.243 e. The molecule has 0 aliphatic rings. The van der Waals surface area contributed by atoms with Gasteiger partial charge in [-0.1, -0.05) is 6.92 Å². The zero-order valence-electron chi connectivity index (χ0n) is 7.62. The van der Waals surface area contributed by atoms with Crippen LogP contribution >= 0.6 is 0 Å². The normalized spacial score (nSPS) is 12.8. The summed E-state index contributed by atoms with van der Waals surface area (Å²) in [6, 6.07) is 0.195. The average molecular weight is 185 g/mol. The van der Waals surface area contributed by atoms with Crippen molar-refractivity contribution < 1.29 is 5.11 Å². The van der Waals surface area contributed by atoms with Gasteiger partial charge >= 0.3 is 0 Å². The molecule has 0 aromatic carbocycles. The van der Waals surface area contributed by atoms with E-state index in [-0.39, 0.29) is 12.6 Å². The number of anilines is 2. The van der Waals surface area contributed by atoms with Gasteiger partial charge in [-0.05, 0) is 12.8 Å². The number of H-pyrrole nitrogens is 1. The maximum atomic E-state index is 8.74. The van der Waals surface area contributed by atoms with Gasteiger partial charge in [-0.2, -0.15) is 4.98 Å². The minimum atomic E-state index is 0.158. The van der Waals surface area contributed by atoms with Gasteiger partial charge in [0.1, 0.15) is 0 Å². The Balaban J connectivity index is 2.46. The summed E-state index contributed by atoms with van der Waals surface area (Å²) in [4.78, 5) is 3.90. The van der Waals surface area contributed by atoms with Crippen LogP contribution in [0, 0.1) is 0 Å². The standard InChI is InChI=1S/C7H15N5O/c1-2-5(3-4-13)9-7-10-6(8)11-12-7/h5,13H,2-4H2,1H3,(H4,8,9,10,11,12). The molecule has 13 heavy (non-hydrogen) atoms. The number of aromatic nitrogens is 3. The van der Waals surface area contributed by atoms with Crippen molar-refractivity contribution in [3.05, 3.63) is 0 Å². The lowest BCUT2D eigenvalue weighted by atomic mass is 10.2. The van der Waals surface area contributed by atoms with Crippen molar-refractivity contribution in [2.45, 2.75) is 25.8 Å². The Morgan fingerprint density at radius 3 is 2.92 bits per heavy atom. The summed E-state index contributed by atoms with van der Waals surface area (Å²) in [5.74, 6) is 0.777. The summed E-state index contributed by atoms with van der Waals surface area (Å²) >= 11 is 0. The third-order valence-electron chi connectivity index (χ3n) is 1.81. The molecular formula is C7H15N5O. The Kier molecular flexibility index (Phi) is 3.51. The fraction of sp³-hybridized carbons (Fsp3) is 0.714. The number of nitrogens with two attached hydrogens (primary N) is 1. The maximum absolute atomic E-state index is 8.74. The molecule has 0 saturated heterocycles. The lowest BCUT2D eigenvalue weighted by Gasteiger charge is -2.13. The molecule has 74 valence electrons. The van der Waals surface area contributed by atoms with Crippen LogP contribution in [-0.4, -0.2) is 32.9 Å². The summed E-state index contributed by atoms with van der Waals surface area (Å²) in [6.45, 7) is 2.19. The van der Waals surface area contributed by atoms with Crippen molar-refractivity contribution >= 4 is 11.9 Å². The van der Waals surface area contributed by atoms with Crippen LogP contribution in [0.4, 0.5) is 11.9 Å². The number of aliphatic hydroxyl groups is 1. The monoisotopic (exact) mass is 185 g/mol. The van der Waals surface area contributed by atoms with Crippen LogP contribution in [0.3, 0.4) is 0 Å². The number of rotatable bonds is 5. The number of nitrogen functional groups attached to an aromatic ring is 1.